The third-order valence-corrected chi connectivity index (χ3v) is 1.35. The van der Waals surface area contributed by atoms with Crippen LogP contribution in [0.4, 0.5) is 0 Å². The van der Waals surface area contributed by atoms with Crippen molar-refractivity contribution in [2.75, 3.05) is 13.7 Å². The first-order valence-electron chi connectivity index (χ1n) is 3.48. The Morgan fingerprint density at radius 1 is 1.42 bits per heavy atom. The molecule has 1 fully saturated rings. The largest absolute Gasteiger partial charge is 0.420 e. The van der Waals surface area contributed by atoms with Gasteiger partial charge in [0, 0.05) is 14.0 Å². The average Bonchev–Trinajstić information content (AvgIpc) is 1.82. The van der Waals surface area contributed by atoms with E-state index in [-0.39, 0.29) is 13.0 Å². The first-order valence-corrected chi connectivity index (χ1v) is 3.48. The van der Waals surface area contributed by atoms with Gasteiger partial charge in [0.1, 0.15) is 13.0 Å². The van der Waals surface area contributed by atoms with Crippen LogP contribution in [0.1, 0.15) is 13.3 Å². The Balaban J connectivity index is 2.64. The lowest BCUT2D eigenvalue weighted by molar-refractivity contribution is -0.249. The van der Waals surface area contributed by atoms with Gasteiger partial charge in [-0.3, -0.25) is 9.59 Å². The van der Waals surface area contributed by atoms with Gasteiger partial charge < -0.3 is 14.2 Å². The SMILES string of the molecule is COCC1(C)OC(=O)CC(=O)O1. The maximum atomic E-state index is 10.8. The van der Waals surface area contributed by atoms with Gasteiger partial charge in [-0.1, -0.05) is 0 Å². The molecule has 1 heterocycles. The van der Waals surface area contributed by atoms with E-state index in [1.165, 1.54) is 14.0 Å². The molecule has 0 aromatic carbocycles. The monoisotopic (exact) mass is 174 g/mol. The number of hydrogen-bond acceptors (Lipinski definition) is 5. The standard InChI is InChI=1S/C7H10O5/c1-7(4-10-2)11-5(8)3-6(9)12-7/h3-4H2,1-2H3. The number of ether oxygens (including phenoxy) is 3. The average molecular weight is 174 g/mol. The summed E-state index contributed by atoms with van der Waals surface area (Å²) in [4.78, 5) is 21.6. The zero-order valence-electron chi connectivity index (χ0n) is 6.96. The van der Waals surface area contributed by atoms with Gasteiger partial charge in [-0.05, 0) is 0 Å². The molecular formula is C7H10O5. The second-order valence-corrected chi connectivity index (χ2v) is 2.69. The molecule has 5 heteroatoms. The number of methoxy groups -OCH3 is 1. The minimum absolute atomic E-state index is 0.0461. The zero-order chi connectivity index (χ0) is 9.19. The van der Waals surface area contributed by atoms with Crippen molar-refractivity contribution < 1.29 is 23.8 Å². The third-order valence-electron chi connectivity index (χ3n) is 1.35. The van der Waals surface area contributed by atoms with Crippen LogP contribution in [-0.4, -0.2) is 31.4 Å². The lowest BCUT2D eigenvalue weighted by Crippen LogP contribution is -2.45. The molecule has 0 unspecified atom stereocenters. The second-order valence-electron chi connectivity index (χ2n) is 2.69. The Morgan fingerprint density at radius 3 is 2.33 bits per heavy atom. The molecule has 1 rings (SSSR count). The maximum absolute atomic E-state index is 10.8. The predicted octanol–water partition coefficient (Wildman–Crippen LogP) is -0.161. The van der Waals surface area contributed by atoms with Gasteiger partial charge in [0.25, 0.3) is 5.79 Å². The molecule has 12 heavy (non-hydrogen) atoms. The van der Waals surface area contributed by atoms with Crippen LogP contribution in [0.3, 0.4) is 0 Å². The lowest BCUT2D eigenvalue weighted by atomic mass is 10.3. The fraction of sp³-hybridized carbons (Fsp3) is 0.714. The van der Waals surface area contributed by atoms with Crippen LogP contribution in [0.2, 0.25) is 0 Å². The highest BCUT2D eigenvalue weighted by atomic mass is 16.8. The van der Waals surface area contributed by atoms with Crippen LogP contribution in [0.25, 0.3) is 0 Å². The van der Waals surface area contributed by atoms with Crippen LogP contribution < -0.4 is 0 Å². The highest BCUT2D eigenvalue weighted by Gasteiger charge is 2.38. The lowest BCUT2D eigenvalue weighted by Gasteiger charge is -2.31. The Bertz CT molecular complexity index is 194. The van der Waals surface area contributed by atoms with Crippen molar-refractivity contribution in [3.05, 3.63) is 0 Å². The van der Waals surface area contributed by atoms with Crippen LogP contribution >= 0.6 is 0 Å². The normalized spacial score (nSPS) is 21.5. The molecule has 0 atom stereocenters. The van der Waals surface area contributed by atoms with Crippen molar-refractivity contribution in [3.63, 3.8) is 0 Å². The highest BCUT2D eigenvalue weighted by molar-refractivity contribution is 5.93. The molecule has 1 aliphatic rings. The van der Waals surface area contributed by atoms with Crippen molar-refractivity contribution in [1.82, 2.24) is 0 Å². The van der Waals surface area contributed by atoms with Crippen molar-refractivity contribution in [2.45, 2.75) is 19.1 Å². The quantitative estimate of drug-likeness (QED) is 0.430. The summed E-state index contributed by atoms with van der Waals surface area (Å²) in [5.41, 5.74) is 0. The highest BCUT2D eigenvalue weighted by Crippen LogP contribution is 2.19. The van der Waals surface area contributed by atoms with Crippen molar-refractivity contribution in [3.8, 4) is 0 Å². The summed E-state index contributed by atoms with van der Waals surface area (Å²) in [6.45, 7) is 1.52. The molecule has 0 bridgehead atoms. The number of hydrogen-bond donors (Lipinski definition) is 0. The van der Waals surface area contributed by atoms with Gasteiger partial charge >= 0.3 is 11.9 Å². The van der Waals surface area contributed by atoms with Gasteiger partial charge in [0.2, 0.25) is 0 Å². The Kier molecular flexibility index (Phi) is 2.32. The fourth-order valence-corrected chi connectivity index (χ4v) is 1.01. The summed E-state index contributed by atoms with van der Waals surface area (Å²) < 4.78 is 14.3. The van der Waals surface area contributed by atoms with Crippen LogP contribution in [0.5, 0.6) is 0 Å². The smallest absolute Gasteiger partial charge is 0.320 e. The first kappa shape index (κ1) is 8.99. The number of rotatable bonds is 2. The summed E-state index contributed by atoms with van der Waals surface area (Å²) in [5, 5.41) is 0. The van der Waals surface area contributed by atoms with E-state index in [1.54, 1.807) is 0 Å². The van der Waals surface area contributed by atoms with E-state index in [0.29, 0.717) is 0 Å². The first-order chi connectivity index (χ1) is 5.56. The van der Waals surface area contributed by atoms with Crippen molar-refractivity contribution in [2.24, 2.45) is 0 Å². The zero-order valence-corrected chi connectivity index (χ0v) is 6.96. The maximum Gasteiger partial charge on any atom is 0.320 e. The minimum Gasteiger partial charge on any atom is -0.420 e. The van der Waals surface area contributed by atoms with Crippen LogP contribution in [-0.2, 0) is 23.8 Å². The Morgan fingerprint density at radius 2 is 1.92 bits per heavy atom. The van der Waals surface area contributed by atoms with Crippen LogP contribution in [0, 0.1) is 0 Å². The molecular weight excluding hydrogens is 164 g/mol. The Hall–Kier alpha value is -1.10. The molecule has 1 aliphatic heterocycles. The molecule has 0 radical (unpaired) electrons. The van der Waals surface area contributed by atoms with Gasteiger partial charge in [-0.25, -0.2) is 0 Å². The van der Waals surface area contributed by atoms with Gasteiger partial charge in [-0.2, -0.15) is 0 Å². The van der Waals surface area contributed by atoms with E-state index in [2.05, 4.69) is 0 Å². The summed E-state index contributed by atoms with van der Waals surface area (Å²) in [5.74, 6) is -2.40. The molecule has 0 spiro atoms. The molecule has 68 valence electrons. The molecule has 0 aliphatic carbocycles. The van der Waals surface area contributed by atoms with E-state index in [0.717, 1.165) is 0 Å². The molecule has 1 saturated heterocycles. The Labute approximate surface area is 69.6 Å². The van der Waals surface area contributed by atoms with Gasteiger partial charge in [0.05, 0.1) is 0 Å². The molecule has 0 saturated carbocycles. The number of carbonyl (C=O) groups is 2. The molecule has 5 nitrogen and oxygen atoms in total. The summed E-state index contributed by atoms with van der Waals surface area (Å²) in [6, 6.07) is 0. The summed E-state index contributed by atoms with van der Waals surface area (Å²) in [7, 11) is 1.43. The van der Waals surface area contributed by atoms with E-state index in [9.17, 15) is 9.59 Å². The van der Waals surface area contributed by atoms with E-state index >= 15 is 0 Å². The predicted molar refractivity (Wildman–Crippen MR) is 37.1 cm³/mol. The molecule has 0 aromatic heterocycles. The third kappa shape index (κ3) is 1.94. The van der Waals surface area contributed by atoms with Gasteiger partial charge in [-0.15, -0.1) is 0 Å². The topological polar surface area (TPSA) is 61.8 Å². The summed E-state index contributed by atoms with van der Waals surface area (Å²) in [6.07, 6.45) is -0.320. The number of cyclic esters (lactones) is 2. The summed E-state index contributed by atoms with van der Waals surface area (Å²) >= 11 is 0. The molecule has 0 amide bonds. The number of esters is 2. The molecule has 0 aromatic rings. The van der Waals surface area contributed by atoms with E-state index < -0.39 is 17.7 Å². The van der Waals surface area contributed by atoms with Gasteiger partial charge in [0.15, 0.2) is 0 Å². The molecule has 0 N–H and O–H groups in total. The van der Waals surface area contributed by atoms with Crippen molar-refractivity contribution in [1.29, 1.82) is 0 Å². The van der Waals surface area contributed by atoms with E-state index in [1.807, 2.05) is 0 Å². The minimum atomic E-state index is -1.25. The van der Waals surface area contributed by atoms with E-state index in [4.69, 9.17) is 14.2 Å². The second kappa shape index (κ2) is 3.10. The van der Waals surface area contributed by atoms with Crippen LogP contribution in [0.15, 0.2) is 0 Å². The van der Waals surface area contributed by atoms with Crippen molar-refractivity contribution >= 4 is 11.9 Å². The fourth-order valence-electron chi connectivity index (χ4n) is 1.01. The number of carbonyl (C=O) groups excluding carboxylic acids is 2.